The summed E-state index contributed by atoms with van der Waals surface area (Å²) in [7, 11) is 0. The Balaban J connectivity index is 1.90. The molecular formula is C20H21NO5. The zero-order valence-corrected chi connectivity index (χ0v) is 14.3. The fourth-order valence-corrected chi connectivity index (χ4v) is 3.04. The molecule has 1 heterocycles. The maximum absolute atomic E-state index is 10.2. The van der Waals surface area contributed by atoms with Crippen molar-refractivity contribution in [1.82, 2.24) is 0 Å². The van der Waals surface area contributed by atoms with E-state index in [1.807, 2.05) is 24.3 Å². The van der Waals surface area contributed by atoms with E-state index in [1.165, 1.54) is 0 Å². The Morgan fingerprint density at radius 2 is 1.88 bits per heavy atom. The topological polar surface area (TPSA) is 103 Å². The van der Waals surface area contributed by atoms with Gasteiger partial charge in [-0.2, -0.15) is 5.26 Å². The first kappa shape index (κ1) is 18.4. The number of nitriles is 1. The van der Waals surface area contributed by atoms with Gasteiger partial charge in [0.2, 0.25) is 6.29 Å². The molecule has 0 spiro atoms. The van der Waals surface area contributed by atoms with Gasteiger partial charge in [0.05, 0.1) is 24.3 Å². The normalized spacial score (nSPS) is 28.3. The zero-order chi connectivity index (χ0) is 18.7. The molecule has 2 aromatic carbocycles. The van der Waals surface area contributed by atoms with Crippen molar-refractivity contribution in [3.63, 3.8) is 0 Å². The van der Waals surface area contributed by atoms with Gasteiger partial charge >= 0.3 is 0 Å². The van der Waals surface area contributed by atoms with Crippen LogP contribution in [0.3, 0.4) is 0 Å². The number of benzene rings is 2. The van der Waals surface area contributed by atoms with Crippen LogP contribution in [0.5, 0.6) is 5.75 Å². The zero-order valence-electron chi connectivity index (χ0n) is 14.3. The van der Waals surface area contributed by atoms with Gasteiger partial charge in [0.15, 0.2) is 0 Å². The summed E-state index contributed by atoms with van der Waals surface area (Å²) in [5.41, 5.74) is 2.14. The molecule has 0 aromatic heterocycles. The summed E-state index contributed by atoms with van der Waals surface area (Å²) >= 11 is 0. The Bertz CT molecular complexity index is 801. The molecule has 6 nitrogen and oxygen atoms in total. The number of aliphatic hydroxyl groups excluding tert-OH is 3. The fourth-order valence-electron chi connectivity index (χ4n) is 3.04. The minimum absolute atomic E-state index is 0.420. The van der Waals surface area contributed by atoms with Crippen molar-refractivity contribution in [2.75, 3.05) is 6.61 Å². The third-order valence-electron chi connectivity index (χ3n) is 4.62. The van der Waals surface area contributed by atoms with Gasteiger partial charge < -0.3 is 24.8 Å². The molecule has 5 atom stereocenters. The highest BCUT2D eigenvalue weighted by molar-refractivity contribution is 5.71. The van der Waals surface area contributed by atoms with Crippen LogP contribution in [0.1, 0.15) is 12.5 Å². The van der Waals surface area contributed by atoms with Crippen molar-refractivity contribution in [2.24, 2.45) is 5.92 Å². The lowest BCUT2D eigenvalue weighted by Gasteiger charge is -2.40. The molecule has 136 valence electrons. The first-order valence-electron chi connectivity index (χ1n) is 8.44. The summed E-state index contributed by atoms with van der Waals surface area (Å²) in [5, 5.41) is 38.6. The van der Waals surface area contributed by atoms with Gasteiger partial charge in [-0.05, 0) is 23.8 Å². The van der Waals surface area contributed by atoms with E-state index in [1.54, 1.807) is 31.2 Å². The molecule has 3 rings (SSSR count). The van der Waals surface area contributed by atoms with Crippen LogP contribution in [0.4, 0.5) is 0 Å². The van der Waals surface area contributed by atoms with Gasteiger partial charge in [0.1, 0.15) is 18.0 Å². The number of hydrogen-bond donors (Lipinski definition) is 3. The van der Waals surface area contributed by atoms with E-state index in [2.05, 4.69) is 6.07 Å². The van der Waals surface area contributed by atoms with Crippen molar-refractivity contribution >= 4 is 0 Å². The van der Waals surface area contributed by atoms with E-state index < -0.39 is 37.1 Å². The molecular weight excluding hydrogens is 334 g/mol. The summed E-state index contributed by atoms with van der Waals surface area (Å²) in [6, 6.07) is 16.6. The molecule has 26 heavy (non-hydrogen) atoms. The summed E-state index contributed by atoms with van der Waals surface area (Å²) in [5.74, 6) is 0.0334. The second kappa shape index (κ2) is 7.85. The van der Waals surface area contributed by atoms with E-state index in [9.17, 15) is 15.3 Å². The van der Waals surface area contributed by atoms with Gasteiger partial charge in [-0.1, -0.05) is 37.3 Å². The highest BCUT2D eigenvalue weighted by Gasteiger charge is 2.43. The number of hydrogen-bond acceptors (Lipinski definition) is 6. The number of para-hydroxylation sites is 1. The van der Waals surface area contributed by atoms with E-state index >= 15 is 0 Å². The molecule has 0 bridgehead atoms. The Kier molecular flexibility index (Phi) is 5.55. The first-order valence-corrected chi connectivity index (χ1v) is 8.44. The van der Waals surface area contributed by atoms with E-state index in [4.69, 9.17) is 14.7 Å². The predicted octanol–water partition coefficient (Wildman–Crippen LogP) is 1.68. The molecule has 3 N–H and O–H groups in total. The Labute approximate surface area is 151 Å². The van der Waals surface area contributed by atoms with Gasteiger partial charge in [-0.25, -0.2) is 0 Å². The lowest BCUT2D eigenvalue weighted by Crippen LogP contribution is -2.56. The Morgan fingerprint density at radius 3 is 2.62 bits per heavy atom. The number of ether oxygens (including phenoxy) is 2. The van der Waals surface area contributed by atoms with Crippen molar-refractivity contribution in [3.05, 3.63) is 54.1 Å². The van der Waals surface area contributed by atoms with Crippen LogP contribution < -0.4 is 4.74 Å². The molecule has 1 aliphatic heterocycles. The molecule has 1 saturated heterocycles. The third-order valence-corrected chi connectivity index (χ3v) is 4.62. The predicted molar refractivity (Wildman–Crippen MR) is 94.1 cm³/mol. The van der Waals surface area contributed by atoms with E-state index in [0.717, 1.165) is 11.1 Å². The molecule has 2 aromatic rings. The van der Waals surface area contributed by atoms with Crippen molar-refractivity contribution in [3.8, 4) is 22.9 Å². The van der Waals surface area contributed by atoms with Crippen molar-refractivity contribution in [2.45, 2.75) is 31.5 Å². The summed E-state index contributed by atoms with van der Waals surface area (Å²) in [6.45, 7) is 1.29. The molecule has 2 unspecified atom stereocenters. The molecule has 1 fully saturated rings. The maximum atomic E-state index is 10.2. The van der Waals surface area contributed by atoms with Crippen molar-refractivity contribution < 1.29 is 24.8 Å². The van der Waals surface area contributed by atoms with Gasteiger partial charge in [-0.3, -0.25) is 0 Å². The average molecular weight is 355 g/mol. The van der Waals surface area contributed by atoms with Gasteiger partial charge in [-0.15, -0.1) is 0 Å². The molecule has 0 aliphatic carbocycles. The second-order valence-corrected chi connectivity index (χ2v) is 6.37. The summed E-state index contributed by atoms with van der Waals surface area (Å²) in [6.07, 6.45) is -3.98. The molecule has 1 aliphatic rings. The molecule has 0 saturated carbocycles. The number of rotatable bonds is 4. The van der Waals surface area contributed by atoms with Crippen LogP contribution in [-0.4, -0.2) is 46.5 Å². The van der Waals surface area contributed by atoms with Crippen LogP contribution >= 0.6 is 0 Å². The standard InChI is InChI=1S/C20H21NO5/c1-12-18(23)19(24)17(11-22)26-20(12)25-16-8-3-2-7-15(16)14-6-4-5-13(9-14)10-21/h2-9,12,17-20,22-24H,11H2,1H3/t12?,17?,18-,19+,20-/m1/s1. The van der Waals surface area contributed by atoms with Gasteiger partial charge in [0, 0.05) is 11.5 Å². The van der Waals surface area contributed by atoms with Crippen LogP contribution in [-0.2, 0) is 4.74 Å². The molecule has 0 radical (unpaired) electrons. The number of aliphatic hydroxyl groups is 3. The van der Waals surface area contributed by atoms with Crippen LogP contribution in [0.15, 0.2) is 48.5 Å². The quantitative estimate of drug-likeness (QED) is 0.771. The summed E-state index contributed by atoms with van der Waals surface area (Å²) < 4.78 is 11.6. The lowest BCUT2D eigenvalue weighted by atomic mass is 9.92. The van der Waals surface area contributed by atoms with E-state index in [-0.39, 0.29) is 0 Å². The van der Waals surface area contributed by atoms with Crippen LogP contribution in [0.25, 0.3) is 11.1 Å². The van der Waals surface area contributed by atoms with Crippen LogP contribution in [0.2, 0.25) is 0 Å². The first-order chi connectivity index (χ1) is 12.5. The summed E-state index contributed by atoms with van der Waals surface area (Å²) in [4.78, 5) is 0. The monoisotopic (exact) mass is 355 g/mol. The SMILES string of the molecule is CC1[C@H](Oc2ccccc2-c2cccc(C#N)c2)OC(CO)[C@H](O)[C@@H]1O. The Morgan fingerprint density at radius 1 is 1.12 bits per heavy atom. The minimum Gasteiger partial charge on any atom is -0.464 e. The fraction of sp³-hybridized carbons (Fsp3) is 0.350. The third kappa shape index (κ3) is 3.57. The highest BCUT2D eigenvalue weighted by Crippen LogP contribution is 2.34. The van der Waals surface area contributed by atoms with E-state index in [0.29, 0.717) is 11.3 Å². The molecule has 6 heteroatoms. The van der Waals surface area contributed by atoms with Gasteiger partial charge in [0.25, 0.3) is 0 Å². The smallest absolute Gasteiger partial charge is 0.205 e. The minimum atomic E-state index is -1.17. The van der Waals surface area contributed by atoms with Crippen LogP contribution in [0, 0.1) is 17.2 Å². The molecule has 0 amide bonds. The maximum Gasteiger partial charge on any atom is 0.205 e. The number of nitrogens with zero attached hydrogens (tertiary/aromatic N) is 1. The largest absolute Gasteiger partial charge is 0.464 e. The average Bonchev–Trinajstić information content (AvgIpc) is 2.68. The highest BCUT2D eigenvalue weighted by atomic mass is 16.7. The lowest BCUT2D eigenvalue weighted by molar-refractivity contribution is -0.256. The van der Waals surface area contributed by atoms with Crippen molar-refractivity contribution in [1.29, 1.82) is 5.26 Å². The second-order valence-electron chi connectivity index (χ2n) is 6.37. The Hall–Kier alpha value is -2.43.